The molecule has 21 heavy (non-hydrogen) atoms. The molecular formula is C17H20N2OS. The summed E-state index contributed by atoms with van der Waals surface area (Å²) in [5, 5.41) is 2.86. The van der Waals surface area contributed by atoms with Gasteiger partial charge in [0.1, 0.15) is 0 Å². The molecule has 0 aromatic heterocycles. The molecule has 0 aliphatic rings. The van der Waals surface area contributed by atoms with Crippen molar-refractivity contribution in [1.82, 2.24) is 0 Å². The van der Waals surface area contributed by atoms with E-state index in [0.717, 1.165) is 11.4 Å². The lowest BCUT2D eigenvalue weighted by atomic mass is 10.2. The van der Waals surface area contributed by atoms with Gasteiger partial charge in [0.25, 0.3) is 0 Å². The Morgan fingerprint density at radius 1 is 1.19 bits per heavy atom. The highest BCUT2D eigenvalue weighted by molar-refractivity contribution is 7.99. The topological polar surface area (TPSA) is 55.1 Å². The molecule has 2 aromatic carbocycles. The van der Waals surface area contributed by atoms with Gasteiger partial charge in [-0.15, -0.1) is 11.8 Å². The maximum atomic E-state index is 11.9. The minimum absolute atomic E-state index is 0.0119. The van der Waals surface area contributed by atoms with Gasteiger partial charge in [-0.25, -0.2) is 0 Å². The number of carbonyl (C=O) groups is 1. The van der Waals surface area contributed by atoms with Crippen molar-refractivity contribution in [2.75, 3.05) is 16.8 Å². The molecule has 0 saturated heterocycles. The molecule has 4 heteroatoms. The van der Waals surface area contributed by atoms with Crippen LogP contribution in [0.15, 0.2) is 47.4 Å². The first kappa shape index (κ1) is 15.4. The van der Waals surface area contributed by atoms with Crippen LogP contribution in [-0.2, 0) is 4.79 Å². The van der Waals surface area contributed by atoms with Crippen molar-refractivity contribution in [3.63, 3.8) is 0 Å². The molecule has 0 spiro atoms. The lowest BCUT2D eigenvalue weighted by molar-refractivity contribution is -0.115. The Kier molecular flexibility index (Phi) is 5.28. The van der Waals surface area contributed by atoms with Gasteiger partial charge >= 0.3 is 0 Å². The number of hydrogen-bond acceptors (Lipinski definition) is 3. The first-order chi connectivity index (χ1) is 10.0. The maximum absolute atomic E-state index is 11.9. The predicted octanol–water partition coefficient (Wildman–Crippen LogP) is 4.01. The molecule has 2 aromatic rings. The van der Waals surface area contributed by atoms with E-state index in [2.05, 4.69) is 37.4 Å². The Labute approximate surface area is 129 Å². The Morgan fingerprint density at radius 2 is 2.00 bits per heavy atom. The van der Waals surface area contributed by atoms with Crippen LogP contribution >= 0.6 is 11.8 Å². The van der Waals surface area contributed by atoms with Gasteiger partial charge in [0.2, 0.25) is 5.91 Å². The number of nitrogens with two attached hydrogens (primary N) is 1. The Balaban J connectivity index is 1.81. The van der Waals surface area contributed by atoms with Crippen molar-refractivity contribution >= 4 is 29.0 Å². The Hall–Kier alpha value is -1.94. The standard InChI is InChI=1S/C17H20N2OS/c1-12-6-7-16(13(2)10-12)21-9-8-17(20)19-15-5-3-4-14(18)11-15/h3-7,10-11H,8-9,18H2,1-2H3,(H,19,20). The smallest absolute Gasteiger partial charge is 0.225 e. The number of carbonyl (C=O) groups excluding carboxylic acids is 1. The van der Waals surface area contributed by atoms with Gasteiger partial charge in [-0.3, -0.25) is 4.79 Å². The summed E-state index contributed by atoms with van der Waals surface area (Å²) in [5.41, 5.74) is 9.60. The van der Waals surface area contributed by atoms with Crippen molar-refractivity contribution in [2.24, 2.45) is 0 Å². The number of benzene rings is 2. The lowest BCUT2D eigenvalue weighted by Crippen LogP contribution is -2.12. The summed E-state index contributed by atoms with van der Waals surface area (Å²) in [6.45, 7) is 4.18. The molecule has 0 bridgehead atoms. The third kappa shape index (κ3) is 4.83. The molecule has 3 nitrogen and oxygen atoms in total. The summed E-state index contributed by atoms with van der Waals surface area (Å²) in [4.78, 5) is 13.1. The van der Waals surface area contributed by atoms with E-state index in [1.165, 1.54) is 16.0 Å². The van der Waals surface area contributed by atoms with Crippen molar-refractivity contribution in [1.29, 1.82) is 0 Å². The number of thioether (sulfide) groups is 1. The number of anilines is 2. The molecule has 3 N–H and O–H groups in total. The minimum atomic E-state index is 0.0119. The van der Waals surface area contributed by atoms with E-state index in [0.29, 0.717) is 12.1 Å². The van der Waals surface area contributed by atoms with E-state index in [-0.39, 0.29) is 5.91 Å². The SMILES string of the molecule is Cc1ccc(SCCC(=O)Nc2cccc(N)c2)c(C)c1. The van der Waals surface area contributed by atoms with Crippen molar-refractivity contribution < 1.29 is 4.79 Å². The predicted molar refractivity (Wildman–Crippen MR) is 90.7 cm³/mol. The first-order valence-corrected chi connectivity index (χ1v) is 7.88. The van der Waals surface area contributed by atoms with Crippen LogP contribution in [0, 0.1) is 13.8 Å². The molecule has 0 saturated carbocycles. The largest absolute Gasteiger partial charge is 0.399 e. The van der Waals surface area contributed by atoms with Gasteiger partial charge in [0.15, 0.2) is 0 Å². The highest BCUT2D eigenvalue weighted by Crippen LogP contribution is 2.24. The van der Waals surface area contributed by atoms with Crippen LogP contribution in [0.3, 0.4) is 0 Å². The number of amides is 1. The molecular weight excluding hydrogens is 280 g/mol. The average Bonchev–Trinajstić information content (AvgIpc) is 2.41. The van der Waals surface area contributed by atoms with Gasteiger partial charge in [-0.05, 0) is 43.7 Å². The Morgan fingerprint density at radius 3 is 2.71 bits per heavy atom. The summed E-state index contributed by atoms with van der Waals surface area (Å²) in [6, 6.07) is 13.6. The molecule has 0 radical (unpaired) electrons. The zero-order chi connectivity index (χ0) is 15.2. The second-order valence-electron chi connectivity index (χ2n) is 5.04. The number of hydrogen-bond donors (Lipinski definition) is 2. The lowest BCUT2D eigenvalue weighted by Gasteiger charge is -2.08. The van der Waals surface area contributed by atoms with E-state index in [1.54, 1.807) is 23.9 Å². The quantitative estimate of drug-likeness (QED) is 0.648. The van der Waals surface area contributed by atoms with Crippen LogP contribution in [-0.4, -0.2) is 11.7 Å². The van der Waals surface area contributed by atoms with E-state index in [4.69, 9.17) is 5.73 Å². The van der Waals surface area contributed by atoms with Gasteiger partial charge in [-0.2, -0.15) is 0 Å². The zero-order valence-electron chi connectivity index (χ0n) is 12.3. The fourth-order valence-electron chi connectivity index (χ4n) is 2.05. The summed E-state index contributed by atoms with van der Waals surface area (Å²) >= 11 is 1.71. The normalized spacial score (nSPS) is 10.4. The molecule has 0 aliphatic carbocycles. The second-order valence-corrected chi connectivity index (χ2v) is 6.18. The third-order valence-corrected chi connectivity index (χ3v) is 4.26. The highest BCUT2D eigenvalue weighted by Gasteiger charge is 2.05. The van der Waals surface area contributed by atoms with Gasteiger partial charge in [0.05, 0.1) is 0 Å². The first-order valence-electron chi connectivity index (χ1n) is 6.90. The van der Waals surface area contributed by atoms with Gasteiger partial charge in [-0.1, -0.05) is 23.8 Å². The highest BCUT2D eigenvalue weighted by atomic mass is 32.2. The summed E-state index contributed by atoms with van der Waals surface area (Å²) in [6.07, 6.45) is 0.479. The van der Waals surface area contributed by atoms with Crippen LogP contribution in [0.2, 0.25) is 0 Å². The zero-order valence-corrected chi connectivity index (χ0v) is 13.2. The van der Waals surface area contributed by atoms with Gasteiger partial charge < -0.3 is 11.1 Å². The molecule has 0 fully saturated rings. The molecule has 2 rings (SSSR count). The number of nitrogen functional groups attached to an aromatic ring is 1. The Bertz CT molecular complexity index is 640. The summed E-state index contributed by atoms with van der Waals surface area (Å²) < 4.78 is 0. The average molecular weight is 300 g/mol. The van der Waals surface area contributed by atoms with Crippen molar-refractivity contribution in [3.8, 4) is 0 Å². The van der Waals surface area contributed by atoms with E-state index in [1.807, 2.05) is 12.1 Å². The minimum Gasteiger partial charge on any atom is -0.399 e. The van der Waals surface area contributed by atoms with Crippen LogP contribution in [0.1, 0.15) is 17.5 Å². The maximum Gasteiger partial charge on any atom is 0.225 e. The van der Waals surface area contributed by atoms with E-state index in [9.17, 15) is 4.79 Å². The molecule has 0 heterocycles. The summed E-state index contributed by atoms with van der Waals surface area (Å²) in [5.74, 6) is 0.774. The van der Waals surface area contributed by atoms with Crippen LogP contribution in [0.25, 0.3) is 0 Å². The number of nitrogens with one attached hydrogen (secondary N) is 1. The molecule has 110 valence electrons. The van der Waals surface area contributed by atoms with Gasteiger partial charge in [0, 0.05) is 28.4 Å². The van der Waals surface area contributed by atoms with Crippen LogP contribution in [0.4, 0.5) is 11.4 Å². The number of rotatable bonds is 5. The van der Waals surface area contributed by atoms with E-state index < -0.39 is 0 Å². The molecule has 0 atom stereocenters. The molecule has 0 aliphatic heterocycles. The van der Waals surface area contributed by atoms with Crippen molar-refractivity contribution in [3.05, 3.63) is 53.6 Å². The molecule has 1 amide bonds. The number of aryl methyl sites for hydroxylation is 2. The van der Waals surface area contributed by atoms with E-state index >= 15 is 0 Å². The fourth-order valence-corrected chi connectivity index (χ4v) is 3.01. The monoisotopic (exact) mass is 300 g/mol. The van der Waals surface area contributed by atoms with Crippen molar-refractivity contribution in [2.45, 2.75) is 25.2 Å². The second kappa shape index (κ2) is 7.18. The summed E-state index contributed by atoms with van der Waals surface area (Å²) in [7, 11) is 0. The van der Waals surface area contributed by atoms with Crippen LogP contribution in [0.5, 0.6) is 0 Å². The molecule has 0 unspecified atom stereocenters. The van der Waals surface area contributed by atoms with Crippen LogP contribution < -0.4 is 11.1 Å². The third-order valence-electron chi connectivity index (χ3n) is 3.09. The fraction of sp³-hybridized carbons (Fsp3) is 0.235.